The van der Waals surface area contributed by atoms with Crippen molar-refractivity contribution in [3.05, 3.63) is 79.2 Å². The van der Waals surface area contributed by atoms with E-state index in [2.05, 4.69) is 76.1 Å². The zero-order valence-electron chi connectivity index (χ0n) is 20.3. The maximum absolute atomic E-state index is 12.4. The molecule has 7 heteroatoms. The number of ether oxygens (including phenoxy) is 1. The monoisotopic (exact) mass is 487 g/mol. The first-order valence-electron chi connectivity index (χ1n) is 12.3. The Morgan fingerprint density at radius 2 is 2.03 bits per heavy atom. The Labute approximate surface area is 214 Å². The highest BCUT2D eigenvalue weighted by Gasteiger charge is 2.32. The van der Waals surface area contributed by atoms with Gasteiger partial charge in [0.15, 0.2) is 0 Å². The molecule has 1 saturated heterocycles. The van der Waals surface area contributed by atoms with Gasteiger partial charge in [0.2, 0.25) is 5.91 Å². The Kier molecular flexibility index (Phi) is 5.78. The van der Waals surface area contributed by atoms with Crippen molar-refractivity contribution in [1.82, 2.24) is 14.9 Å². The summed E-state index contributed by atoms with van der Waals surface area (Å²) in [4.78, 5) is 25.6. The SMILES string of the molecule is C=CC(=O)N1CCN(c2ncnc3cc(-c4cccc5ccccc45)c4c(c23)OCC=C4)CC1CC#N. The van der Waals surface area contributed by atoms with E-state index >= 15 is 0 Å². The molecule has 0 aliphatic carbocycles. The third kappa shape index (κ3) is 3.87. The van der Waals surface area contributed by atoms with Gasteiger partial charge >= 0.3 is 0 Å². The standard InChI is InChI=1S/C30H25N5O2/c1-2-27(36)35-15-14-34(18-21(35)12-13-31)30-28-26(32-19-33-30)17-25(24-11-6-16-37-29(24)28)23-10-5-8-20-7-3-4-9-22(20)23/h2-11,17,19,21H,1,12,14-16,18H2. The molecule has 7 nitrogen and oxygen atoms in total. The van der Waals surface area contributed by atoms with Gasteiger partial charge in [0.25, 0.3) is 0 Å². The van der Waals surface area contributed by atoms with E-state index in [4.69, 9.17) is 4.74 Å². The molecule has 3 aromatic carbocycles. The summed E-state index contributed by atoms with van der Waals surface area (Å²) in [5.41, 5.74) is 3.98. The van der Waals surface area contributed by atoms with Gasteiger partial charge in [0.05, 0.1) is 29.4 Å². The maximum Gasteiger partial charge on any atom is 0.246 e. The molecule has 3 heterocycles. The molecule has 1 fully saturated rings. The summed E-state index contributed by atoms with van der Waals surface area (Å²) in [6.45, 7) is 5.65. The number of carbonyl (C=O) groups excluding carboxylic acids is 1. The Morgan fingerprint density at radius 3 is 2.89 bits per heavy atom. The van der Waals surface area contributed by atoms with E-state index in [1.54, 1.807) is 11.2 Å². The highest BCUT2D eigenvalue weighted by atomic mass is 16.5. The van der Waals surface area contributed by atoms with Gasteiger partial charge in [0, 0.05) is 25.2 Å². The Balaban J connectivity index is 1.51. The van der Waals surface area contributed by atoms with Crippen molar-refractivity contribution in [2.45, 2.75) is 12.5 Å². The molecule has 2 aliphatic rings. The minimum Gasteiger partial charge on any atom is -0.488 e. The molecule has 0 saturated carbocycles. The number of piperazine rings is 1. The molecule has 2 aliphatic heterocycles. The molecule has 37 heavy (non-hydrogen) atoms. The third-order valence-corrected chi connectivity index (χ3v) is 7.15. The van der Waals surface area contributed by atoms with Crippen molar-refractivity contribution in [2.75, 3.05) is 31.1 Å². The second-order valence-corrected chi connectivity index (χ2v) is 9.20. The van der Waals surface area contributed by atoms with E-state index in [1.165, 1.54) is 16.8 Å². The first-order valence-corrected chi connectivity index (χ1v) is 12.3. The quantitative estimate of drug-likeness (QED) is 0.378. The van der Waals surface area contributed by atoms with Crippen LogP contribution in [0.25, 0.3) is 38.9 Å². The van der Waals surface area contributed by atoms with E-state index in [9.17, 15) is 10.1 Å². The average molecular weight is 488 g/mol. The minimum atomic E-state index is -0.249. The van der Waals surface area contributed by atoms with Crippen molar-refractivity contribution in [3.8, 4) is 22.9 Å². The Morgan fingerprint density at radius 1 is 1.16 bits per heavy atom. The fourth-order valence-corrected chi connectivity index (χ4v) is 5.46. The van der Waals surface area contributed by atoms with Crippen LogP contribution in [-0.2, 0) is 4.79 Å². The first kappa shape index (κ1) is 22.7. The Hall–Kier alpha value is -4.70. The molecule has 1 unspecified atom stereocenters. The molecule has 6 rings (SSSR count). The van der Waals surface area contributed by atoms with Crippen LogP contribution in [0.1, 0.15) is 12.0 Å². The number of nitrogens with zero attached hydrogens (tertiary/aromatic N) is 5. The molecule has 1 aromatic heterocycles. The van der Waals surface area contributed by atoms with E-state index in [0.29, 0.717) is 26.2 Å². The van der Waals surface area contributed by atoms with Crippen molar-refractivity contribution < 1.29 is 9.53 Å². The zero-order chi connectivity index (χ0) is 25.4. The number of hydrogen-bond acceptors (Lipinski definition) is 6. The lowest BCUT2D eigenvalue weighted by atomic mass is 9.91. The molecule has 0 bridgehead atoms. The number of aromatic nitrogens is 2. The highest BCUT2D eigenvalue weighted by molar-refractivity contribution is 6.06. The highest BCUT2D eigenvalue weighted by Crippen LogP contribution is 2.44. The molecule has 1 atom stereocenters. The summed E-state index contributed by atoms with van der Waals surface area (Å²) in [5, 5.41) is 12.6. The van der Waals surface area contributed by atoms with Gasteiger partial charge < -0.3 is 14.5 Å². The summed E-state index contributed by atoms with van der Waals surface area (Å²) in [7, 11) is 0. The Bertz CT molecular complexity index is 1610. The minimum absolute atomic E-state index is 0.155. The van der Waals surface area contributed by atoms with Gasteiger partial charge in [-0.25, -0.2) is 9.97 Å². The number of fused-ring (bicyclic) bond motifs is 4. The smallest absolute Gasteiger partial charge is 0.246 e. The van der Waals surface area contributed by atoms with Crippen LogP contribution in [0.2, 0.25) is 0 Å². The topological polar surface area (TPSA) is 82.3 Å². The average Bonchev–Trinajstić information content (AvgIpc) is 2.96. The maximum atomic E-state index is 12.4. The molecule has 182 valence electrons. The predicted octanol–water partition coefficient (Wildman–Crippen LogP) is 4.97. The fraction of sp³-hybridized carbons (Fsp3) is 0.200. The number of amides is 1. The lowest BCUT2D eigenvalue weighted by Gasteiger charge is -2.41. The van der Waals surface area contributed by atoms with Crippen LogP contribution in [0.4, 0.5) is 5.82 Å². The molecule has 0 N–H and O–H groups in total. The lowest BCUT2D eigenvalue weighted by molar-refractivity contribution is -0.128. The van der Waals surface area contributed by atoms with Crippen LogP contribution in [0.3, 0.4) is 0 Å². The number of nitriles is 1. The van der Waals surface area contributed by atoms with Gasteiger partial charge in [0.1, 0.15) is 24.5 Å². The molecule has 4 aromatic rings. The summed E-state index contributed by atoms with van der Waals surface area (Å²) < 4.78 is 6.27. The summed E-state index contributed by atoms with van der Waals surface area (Å²) in [5.74, 6) is 1.37. The lowest BCUT2D eigenvalue weighted by Crippen LogP contribution is -2.55. The van der Waals surface area contributed by atoms with Crippen LogP contribution in [0, 0.1) is 11.3 Å². The van der Waals surface area contributed by atoms with Crippen LogP contribution in [0.15, 0.2) is 73.6 Å². The molecule has 1 amide bonds. The van der Waals surface area contributed by atoms with Crippen molar-refractivity contribution in [3.63, 3.8) is 0 Å². The number of benzene rings is 3. The second kappa shape index (κ2) is 9.40. The van der Waals surface area contributed by atoms with Gasteiger partial charge in [-0.2, -0.15) is 5.26 Å². The largest absolute Gasteiger partial charge is 0.488 e. The van der Waals surface area contributed by atoms with Gasteiger partial charge in [-0.3, -0.25) is 4.79 Å². The van der Waals surface area contributed by atoms with E-state index in [-0.39, 0.29) is 18.4 Å². The van der Waals surface area contributed by atoms with E-state index < -0.39 is 0 Å². The van der Waals surface area contributed by atoms with Crippen molar-refractivity contribution in [2.24, 2.45) is 0 Å². The fourth-order valence-electron chi connectivity index (χ4n) is 5.46. The zero-order valence-corrected chi connectivity index (χ0v) is 20.3. The second-order valence-electron chi connectivity index (χ2n) is 9.20. The van der Waals surface area contributed by atoms with Gasteiger partial charge in [-0.1, -0.05) is 55.1 Å². The van der Waals surface area contributed by atoms with E-state index in [0.717, 1.165) is 39.2 Å². The predicted molar refractivity (Wildman–Crippen MR) is 145 cm³/mol. The summed E-state index contributed by atoms with van der Waals surface area (Å²) in [6.07, 6.45) is 7.27. The number of hydrogen-bond donors (Lipinski definition) is 0. The molecular formula is C30H25N5O2. The number of rotatable bonds is 4. The van der Waals surface area contributed by atoms with Crippen LogP contribution in [-0.4, -0.2) is 53.1 Å². The normalized spacial score (nSPS) is 16.8. The molecular weight excluding hydrogens is 462 g/mol. The molecule has 0 spiro atoms. The summed E-state index contributed by atoms with van der Waals surface area (Å²) >= 11 is 0. The number of anilines is 1. The molecule has 0 radical (unpaired) electrons. The number of carbonyl (C=O) groups is 1. The van der Waals surface area contributed by atoms with Crippen LogP contribution in [0.5, 0.6) is 5.75 Å². The van der Waals surface area contributed by atoms with Crippen molar-refractivity contribution >= 4 is 39.5 Å². The van der Waals surface area contributed by atoms with Crippen LogP contribution < -0.4 is 9.64 Å². The van der Waals surface area contributed by atoms with Crippen molar-refractivity contribution in [1.29, 1.82) is 5.26 Å². The van der Waals surface area contributed by atoms with Gasteiger partial charge in [-0.05, 0) is 40.1 Å². The first-order chi connectivity index (χ1) is 18.2. The van der Waals surface area contributed by atoms with Crippen LogP contribution >= 0.6 is 0 Å². The summed E-state index contributed by atoms with van der Waals surface area (Å²) in [6, 6.07) is 18.8. The third-order valence-electron chi connectivity index (χ3n) is 7.15. The van der Waals surface area contributed by atoms with E-state index in [1.807, 2.05) is 12.1 Å². The van der Waals surface area contributed by atoms with Gasteiger partial charge in [-0.15, -0.1) is 0 Å².